The molecule has 0 bridgehead atoms. The molecule has 1 aromatic heterocycles. The molecular weight excluding hydrogens is 350 g/mol. The molecule has 0 aliphatic heterocycles. The number of carbonyl (C=O) groups is 2. The van der Waals surface area contributed by atoms with Gasteiger partial charge in [-0.05, 0) is 25.1 Å². The van der Waals surface area contributed by atoms with Crippen LogP contribution in [0.2, 0.25) is 0 Å². The minimum atomic E-state index is -0.567. The Kier molecular flexibility index (Phi) is 5.32. The van der Waals surface area contributed by atoms with Crippen molar-refractivity contribution in [3.8, 4) is 5.69 Å². The van der Waals surface area contributed by atoms with Gasteiger partial charge in [-0.2, -0.15) is 5.10 Å². The van der Waals surface area contributed by atoms with Gasteiger partial charge in [0.1, 0.15) is 0 Å². The monoisotopic (exact) mass is 365 g/mol. The third-order valence-electron chi connectivity index (χ3n) is 2.85. The van der Waals surface area contributed by atoms with E-state index in [4.69, 9.17) is 4.74 Å². The Labute approximate surface area is 136 Å². The number of hydrogen-bond donors (Lipinski definition) is 1. The molecule has 6 nitrogen and oxygen atoms in total. The molecule has 2 rings (SSSR count). The summed E-state index contributed by atoms with van der Waals surface area (Å²) >= 11 is 3.39. The fourth-order valence-corrected chi connectivity index (χ4v) is 2.19. The summed E-state index contributed by atoms with van der Waals surface area (Å²) in [7, 11) is 0. The summed E-state index contributed by atoms with van der Waals surface area (Å²) in [5.74, 6) is -0.762. The largest absolute Gasteiger partial charge is 0.461 e. The lowest BCUT2D eigenvalue weighted by Gasteiger charge is -2.02. The molecular formula is C15H16BrN3O3. The van der Waals surface area contributed by atoms with E-state index in [0.717, 1.165) is 10.2 Å². The smallest absolute Gasteiger partial charge is 0.361 e. The molecule has 0 spiro atoms. The van der Waals surface area contributed by atoms with Gasteiger partial charge in [-0.25, -0.2) is 9.48 Å². The lowest BCUT2D eigenvalue weighted by molar-refractivity contribution is -0.115. The Bertz CT molecular complexity index is 697. The quantitative estimate of drug-likeness (QED) is 0.825. The predicted molar refractivity (Wildman–Crippen MR) is 86.1 cm³/mol. The van der Waals surface area contributed by atoms with Crippen LogP contribution in [-0.2, 0) is 9.53 Å². The van der Waals surface area contributed by atoms with Crippen molar-refractivity contribution in [2.75, 3.05) is 11.9 Å². The van der Waals surface area contributed by atoms with Crippen LogP contribution in [0.5, 0.6) is 0 Å². The summed E-state index contributed by atoms with van der Waals surface area (Å²) in [5, 5.41) is 6.90. The number of hydrogen-bond acceptors (Lipinski definition) is 4. The topological polar surface area (TPSA) is 73.2 Å². The summed E-state index contributed by atoms with van der Waals surface area (Å²) in [6.07, 6.45) is 1.91. The first-order valence-corrected chi connectivity index (χ1v) is 7.67. The molecule has 1 amide bonds. The summed E-state index contributed by atoms with van der Waals surface area (Å²) in [6, 6.07) is 7.44. The number of carbonyl (C=O) groups excluding carboxylic acids is 2. The van der Waals surface area contributed by atoms with Crippen LogP contribution in [-0.4, -0.2) is 28.3 Å². The van der Waals surface area contributed by atoms with E-state index in [1.807, 2.05) is 24.3 Å². The third-order valence-corrected chi connectivity index (χ3v) is 3.34. The maximum Gasteiger partial charge on any atom is 0.361 e. The van der Waals surface area contributed by atoms with Crippen molar-refractivity contribution in [2.45, 2.75) is 20.3 Å². The molecule has 0 fully saturated rings. The van der Waals surface area contributed by atoms with E-state index in [0.29, 0.717) is 12.1 Å². The van der Waals surface area contributed by atoms with Crippen LogP contribution >= 0.6 is 15.9 Å². The van der Waals surface area contributed by atoms with Gasteiger partial charge in [0.05, 0.1) is 24.2 Å². The highest BCUT2D eigenvalue weighted by atomic mass is 79.9. The summed E-state index contributed by atoms with van der Waals surface area (Å²) in [5.41, 5.74) is 1.19. The van der Waals surface area contributed by atoms with Gasteiger partial charge in [0, 0.05) is 10.9 Å². The molecule has 2 aromatic rings. The first-order chi connectivity index (χ1) is 10.5. The van der Waals surface area contributed by atoms with Gasteiger partial charge in [0.2, 0.25) is 5.91 Å². The molecule has 116 valence electrons. The lowest BCUT2D eigenvalue weighted by atomic mass is 10.3. The van der Waals surface area contributed by atoms with Gasteiger partial charge in [0.25, 0.3) is 0 Å². The summed E-state index contributed by atoms with van der Waals surface area (Å²) < 4.78 is 7.40. The van der Waals surface area contributed by atoms with Crippen molar-refractivity contribution >= 4 is 33.5 Å². The maximum atomic E-state index is 12.0. The molecule has 1 heterocycles. The molecule has 7 heteroatoms. The van der Waals surface area contributed by atoms with E-state index >= 15 is 0 Å². The van der Waals surface area contributed by atoms with E-state index < -0.39 is 5.97 Å². The van der Waals surface area contributed by atoms with Crippen molar-refractivity contribution < 1.29 is 14.3 Å². The predicted octanol–water partition coefficient (Wildman–Crippen LogP) is 3.16. The number of nitrogens with one attached hydrogen (secondary N) is 1. The highest BCUT2D eigenvalue weighted by molar-refractivity contribution is 9.10. The Balaban J connectivity index is 2.42. The van der Waals surface area contributed by atoms with Gasteiger partial charge in [-0.15, -0.1) is 0 Å². The third kappa shape index (κ3) is 3.73. The minimum absolute atomic E-state index is 0.0867. The summed E-state index contributed by atoms with van der Waals surface area (Å²) in [6.45, 7) is 3.69. The number of aromatic nitrogens is 2. The van der Waals surface area contributed by atoms with Crippen LogP contribution in [0.25, 0.3) is 5.69 Å². The second kappa shape index (κ2) is 7.22. The minimum Gasteiger partial charge on any atom is -0.461 e. The first kappa shape index (κ1) is 16.2. The molecule has 0 saturated carbocycles. The van der Waals surface area contributed by atoms with Crippen molar-refractivity contribution in [3.05, 3.63) is 40.6 Å². The normalized spacial score (nSPS) is 10.3. The Hall–Kier alpha value is -2.15. The van der Waals surface area contributed by atoms with E-state index in [2.05, 4.69) is 26.3 Å². The molecule has 22 heavy (non-hydrogen) atoms. The second-order valence-corrected chi connectivity index (χ2v) is 5.35. The van der Waals surface area contributed by atoms with Crippen molar-refractivity contribution in [2.24, 2.45) is 0 Å². The number of rotatable bonds is 5. The molecule has 0 radical (unpaired) electrons. The molecule has 0 unspecified atom stereocenters. The van der Waals surface area contributed by atoms with Crippen LogP contribution in [0.3, 0.4) is 0 Å². The summed E-state index contributed by atoms with van der Waals surface area (Å²) in [4.78, 5) is 23.6. The van der Waals surface area contributed by atoms with Crippen LogP contribution in [0.15, 0.2) is 34.9 Å². The maximum absolute atomic E-state index is 12.0. The van der Waals surface area contributed by atoms with E-state index in [1.54, 1.807) is 20.0 Å². The van der Waals surface area contributed by atoms with Gasteiger partial charge in [0.15, 0.2) is 5.69 Å². The van der Waals surface area contributed by atoms with Gasteiger partial charge in [-0.3, -0.25) is 4.79 Å². The van der Waals surface area contributed by atoms with Crippen LogP contribution in [0, 0.1) is 0 Å². The number of ether oxygens (including phenoxy) is 1. The molecule has 0 atom stereocenters. The van der Waals surface area contributed by atoms with Gasteiger partial charge < -0.3 is 10.1 Å². The van der Waals surface area contributed by atoms with E-state index in [-0.39, 0.29) is 18.2 Å². The van der Waals surface area contributed by atoms with Crippen LogP contribution in [0.4, 0.5) is 5.69 Å². The zero-order valence-corrected chi connectivity index (χ0v) is 13.9. The zero-order chi connectivity index (χ0) is 16.1. The number of halogens is 1. The molecule has 0 aliphatic rings. The molecule has 0 aliphatic carbocycles. The van der Waals surface area contributed by atoms with Crippen molar-refractivity contribution in [1.82, 2.24) is 9.78 Å². The highest BCUT2D eigenvalue weighted by Crippen LogP contribution is 2.21. The number of anilines is 1. The second-order valence-electron chi connectivity index (χ2n) is 4.44. The fourth-order valence-electron chi connectivity index (χ4n) is 1.81. The Morgan fingerprint density at radius 3 is 2.77 bits per heavy atom. The average molecular weight is 366 g/mol. The highest BCUT2D eigenvalue weighted by Gasteiger charge is 2.20. The standard InChI is InChI=1S/C15H16BrN3O3/c1-3-13(20)17-12-9-19(11-7-5-6-10(16)8-11)18-14(12)15(21)22-4-2/h5-9H,3-4H2,1-2H3,(H,17,20). The van der Waals surface area contributed by atoms with Crippen LogP contribution < -0.4 is 5.32 Å². The molecule has 1 N–H and O–H groups in total. The van der Waals surface area contributed by atoms with Gasteiger partial charge in [-0.1, -0.05) is 28.9 Å². The number of benzene rings is 1. The Morgan fingerprint density at radius 2 is 2.14 bits per heavy atom. The number of amides is 1. The van der Waals surface area contributed by atoms with E-state index in [9.17, 15) is 9.59 Å². The van der Waals surface area contributed by atoms with E-state index in [1.165, 1.54) is 4.68 Å². The lowest BCUT2D eigenvalue weighted by Crippen LogP contribution is -2.14. The molecule has 0 saturated heterocycles. The number of esters is 1. The molecule has 1 aromatic carbocycles. The number of nitrogens with zero attached hydrogens (tertiary/aromatic N) is 2. The zero-order valence-electron chi connectivity index (χ0n) is 12.3. The average Bonchev–Trinajstić information content (AvgIpc) is 2.91. The van der Waals surface area contributed by atoms with Gasteiger partial charge >= 0.3 is 5.97 Å². The van der Waals surface area contributed by atoms with Crippen molar-refractivity contribution in [3.63, 3.8) is 0 Å². The van der Waals surface area contributed by atoms with Crippen molar-refractivity contribution in [1.29, 1.82) is 0 Å². The Morgan fingerprint density at radius 1 is 1.36 bits per heavy atom. The fraction of sp³-hybridized carbons (Fsp3) is 0.267. The van der Waals surface area contributed by atoms with Crippen LogP contribution in [0.1, 0.15) is 30.8 Å². The first-order valence-electron chi connectivity index (χ1n) is 6.87. The SMILES string of the molecule is CCOC(=O)c1nn(-c2cccc(Br)c2)cc1NC(=O)CC.